The normalized spacial score (nSPS) is 12.1. The summed E-state index contributed by atoms with van der Waals surface area (Å²) in [5.74, 6) is -0.150. The fourth-order valence-electron chi connectivity index (χ4n) is 4.23. The van der Waals surface area contributed by atoms with Gasteiger partial charge in [-0.1, -0.05) is 23.7 Å². The molecule has 3 N–H and O–H groups in total. The van der Waals surface area contributed by atoms with Gasteiger partial charge in [0.2, 0.25) is 0 Å². The van der Waals surface area contributed by atoms with Crippen LogP contribution in [-0.4, -0.2) is 58.3 Å². The summed E-state index contributed by atoms with van der Waals surface area (Å²) in [6.07, 6.45) is 0.853. The molecule has 0 radical (unpaired) electrons. The highest BCUT2D eigenvalue weighted by atomic mass is 35.5. The summed E-state index contributed by atoms with van der Waals surface area (Å²) in [5, 5.41) is 20.3. The van der Waals surface area contributed by atoms with E-state index in [1.165, 1.54) is 18.3 Å². The number of carbonyl (C=O) groups excluding carboxylic acids is 1. The number of aromatic nitrogens is 2. The number of aliphatic hydroxyl groups is 1. The topological polar surface area (TPSA) is 104 Å². The Kier molecular flexibility index (Phi) is 12.1. The minimum Gasteiger partial charge on any atom is -0.395 e. The first kappa shape index (κ1) is 32.8. The monoisotopic (exact) mass is 605 g/mol. The van der Waals surface area contributed by atoms with Crippen LogP contribution in [0.1, 0.15) is 48.4 Å². The van der Waals surface area contributed by atoms with Gasteiger partial charge in [-0.25, -0.2) is 0 Å². The summed E-state index contributed by atoms with van der Waals surface area (Å²) in [4.78, 5) is 18.4. The van der Waals surface area contributed by atoms with E-state index in [0.29, 0.717) is 16.8 Å². The van der Waals surface area contributed by atoms with Gasteiger partial charge < -0.3 is 25.2 Å². The zero-order valence-corrected chi connectivity index (χ0v) is 24.5. The smallest absolute Gasteiger partial charge is 0.395 e. The number of nitrogens with zero attached hydrogens (tertiary/aromatic N) is 3. The molecule has 0 fully saturated rings. The van der Waals surface area contributed by atoms with Gasteiger partial charge in [-0.05, 0) is 88.3 Å². The highest BCUT2D eigenvalue weighted by Crippen LogP contribution is 2.30. The zero-order valence-electron chi connectivity index (χ0n) is 23.7. The summed E-state index contributed by atoms with van der Waals surface area (Å²) in [6.45, 7) is 8.89. The Balaban J connectivity index is 0.000000235. The van der Waals surface area contributed by atoms with Crippen molar-refractivity contribution in [3.05, 3.63) is 82.8 Å². The fraction of sp³-hybridized carbons (Fsp3) is 0.367. The molecule has 226 valence electrons. The van der Waals surface area contributed by atoms with Crippen LogP contribution in [0.25, 0.3) is 10.9 Å². The summed E-state index contributed by atoms with van der Waals surface area (Å²) < 4.78 is 41.8. The lowest BCUT2D eigenvalue weighted by atomic mass is 10.1. The summed E-state index contributed by atoms with van der Waals surface area (Å²) >= 11 is 6.03. The molecule has 0 aliphatic heterocycles. The second kappa shape index (κ2) is 15.5. The molecule has 0 bridgehead atoms. The lowest BCUT2D eigenvalue weighted by molar-refractivity contribution is -0.137. The van der Waals surface area contributed by atoms with E-state index in [2.05, 4.69) is 39.5 Å². The number of amides is 1. The van der Waals surface area contributed by atoms with E-state index in [1.807, 2.05) is 30.5 Å². The van der Waals surface area contributed by atoms with Crippen molar-refractivity contribution in [2.24, 2.45) is 0 Å². The van der Waals surface area contributed by atoms with Gasteiger partial charge in [0.1, 0.15) is 11.3 Å². The molecule has 12 heteroatoms. The molecular formula is C30H35ClF3N5O3. The Hall–Kier alpha value is -3.67. The molecule has 2 heterocycles. The standard InChI is InChI=1S/C18H26ClN3O.C12H9F3N2O2/c1-3-22(11-12-23)10-4-5-14(2)21-17-8-9-20-18-13-15(19)6-7-16(17)18;1-7-10(6-16-19-7)11(18)17-9-4-2-8(3-5-9)12(13,14)15/h6-9,13-14,23H,3-5,10-12H2,1-2H3,(H,20,21);2-6H,1H3,(H,17,18)/t14-;/m1./s1. The van der Waals surface area contributed by atoms with Gasteiger partial charge in [0, 0.05) is 40.6 Å². The lowest BCUT2D eigenvalue weighted by Gasteiger charge is -2.21. The molecule has 0 saturated carbocycles. The van der Waals surface area contributed by atoms with Crippen molar-refractivity contribution in [1.29, 1.82) is 0 Å². The van der Waals surface area contributed by atoms with Gasteiger partial charge in [-0.2, -0.15) is 13.2 Å². The number of anilines is 2. The maximum absolute atomic E-state index is 12.4. The molecule has 0 aliphatic carbocycles. The second-order valence-electron chi connectivity index (χ2n) is 9.69. The highest BCUT2D eigenvalue weighted by Gasteiger charge is 2.30. The third kappa shape index (κ3) is 9.71. The molecule has 0 aliphatic rings. The van der Waals surface area contributed by atoms with E-state index < -0.39 is 17.6 Å². The Morgan fingerprint density at radius 3 is 2.50 bits per heavy atom. The number of benzene rings is 2. The SMILES string of the molecule is CCN(CCO)CCC[C@@H](C)Nc1ccnc2cc(Cl)ccc12.Cc1oncc1C(=O)Nc1ccc(C(F)(F)F)cc1. The molecule has 0 spiro atoms. The number of fused-ring (bicyclic) bond motifs is 1. The van der Waals surface area contributed by atoms with E-state index >= 15 is 0 Å². The van der Waals surface area contributed by atoms with Crippen LogP contribution in [0, 0.1) is 6.92 Å². The number of hydrogen-bond donors (Lipinski definition) is 3. The number of likely N-dealkylation sites (N-methyl/N-ethyl adjacent to an activating group) is 1. The highest BCUT2D eigenvalue weighted by molar-refractivity contribution is 6.31. The van der Waals surface area contributed by atoms with Gasteiger partial charge in [0.15, 0.2) is 0 Å². The number of alkyl halides is 3. The predicted molar refractivity (Wildman–Crippen MR) is 159 cm³/mol. The molecule has 4 aromatic rings. The van der Waals surface area contributed by atoms with Crippen molar-refractivity contribution in [3.63, 3.8) is 0 Å². The van der Waals surface area contributed by atoms with Crippen LogP contribution in [0.2, 0.25) is 5.02 Å². The van der Waals surface area contributed by atoms with Gasteiger partial charge in [-0.3, -0.25) is 9.78 Å². The average molecular weight is 606 g/mol. The Morgan fingerprint density at radius 2 is 1.88 bits per heavy atom. The van der Waals surface area contributed by atoms with Crippen LogP contribution in [0.15, 0.2) is 65.4 Å². The first-order valence-electron chi connectivity index (χ1n) is 13.6. The third-order valence-electron chi connectivity index (χ3n) is 6.55. The summed E-state index contributed by atoms with van der Waals surface area (Å²) in [5.41, 5.74) is 1.74. The van der Waals surface area contributed by atoms with Crippen LogP contribution in [0.4, 0.5) is 24.5 Å². The first-order valence-corrected chi connectivity index (χ1v) is 13.9. The number of hydrogen-bond acceptors (Lipinski definition) is 7. The molecule has 2 aromatic carbocycles. The van der Waals surface area contributed by atoms with Crippen LogP contribution >= 0.6 is 11.6 Å². The molecule has 2 aromatic heterocycles. The van der Waals surface area contributed by atoms with Crippen molar-refractivity contribution < 1.29 is 27.6 Å². The van der Waals surface area contributed by atoms with Crippen molar-refractivity contribution in [1.82, 2.24) is 15.0 Å². The van der Waals surface area contributed by atoms with E-state index in [9.17, 15) is 18.0 Å². The van der Waals surface area contributed by atoms with Crippen LogP contribution < -0.4 is 10.6 Å². The molecule has 4 rings (SSSR count). The molecule has 0 unspecified atom stereocenters. The van der Waals surface area contributed by atoms with E-state index in [0.717, 1.165) is 61.2 Å². The van der Waals surface area contributed by atoms with Gasteiger partial charge in [-0.15, -0.1) is 0 Å². The zero-order chi connectivity index (χ0) is 30.7. The Labute approximate surface area is 247 Å². The van der Waals surface area contributed by atoms with Crippen molar-refractivity contribution in [2.75, 3.05) is 36.9 Å². The number of aryl methyl sites for hydroxylation is 1. The van der Waals surface area contributed by atoms with Crippen molar-refractivity contribution in [2.45, 2.75) is 45.8 Å². The van der Waals surface area contributed by atoms with E-state index in [4.69, 9.17) is 21.2 Å². The maximum atomic E-state index is 12.4. The van der Waals surface area contributed by atoms with Crippen LogP contribution in [0.5, 0.6) is 0 Å². The predicted octanol–water partition coefficient (Wildman–Crippen LogP) is 7.04. The molecule has 0 saturated heterocycles. The fourth-order valence-corrected chi connectivity index (χ4v) is 4.40. The van der Waals surface area contributed by atoms with E-state index in [-0.39, 0.29) is 17.9 Å². The molecular weight excluding hydrogens is 571 g/mol. The van der Waals surface area contributed by atoms with Crippen LogP contribution in [-0.2, 0) is 6.18 Å². The molecule has 1 amide bonds. The van der Waals surface area contributed by atoms with Gasteiger partial charge in [0.25, 0.3) is 5.91 Å². The van der Waals surface area contributed by atoms with Gasteiger partial charge in [0.05, 0.1) is 23.9 Å². The number of halogens is 4. The Bertz CT molecular complexity index is 1430. The number of pyridine rings is 1. The summed E-state index contributed by atoms with van der Waals surface area (Å²) in [6, 6.07) is 12.4. The molecule has 1 atom stereocenters. The number of rotatable bonds is 11. The first-order chi connectivity index (χ1) is 20.0. The van der Waals surface area contributed by atoms with Crippen LogP contribution in [0.3, 0.4) is 0 Å². The number of nitrogens with one attached hydrogen (secondary N) is 2. The number of aliphatic hydroxyl groups excluding tert-OH is 1. The average Bonchev–Trinajstić information content (AvgIpc) is 3.38. The number of carbonyl (C=O) groups is 1. The molecule has 8 nitrogen and oxygen atoms in total. The minimum absolute atomic E-state index is 0.229. The maximum Gasteiger partial charge on any atom is 0.416 e. The quantitative estimate of drug-likeness (QED) is 0.168. The van der Waals surface area contributed by atoms with Crippen molar-refractivity contribution in [3.8, 4) is 0 Å². The Morgan fingerprint density at radius 1 is 1.14 bits per heavy atom. The van der Waals surface area contributed by atoms with Gasteiger partial charge >= 0.3 is 6.18 Å². The third-order valence-corrected chi connectivity index (χ3v) is 6.78. The van der Waals surface area contributed by atoms with E-state index in [1.54, 1.807) is 6.92 Å². The second-order valence-corrected chi connectivity index (χ2v) is 10.1. The van der Waals surface area contributed by atoms with Crippen molar-refractivity contribution >= 4 is 39.8 Å². The summed E-state index contributed by atoms with van der Waals surface area (Å²) in [7, 11) is 0. The molecule has 42 heavy (non-hydrogen) atoms. The largest absolute Gasteiger partial charge is 0.416 e. The minimum atomic E-state index is -4.40. The lowest BCUT2D eigenvalue weighted by Crippen LogP contribution is -2.28.